The number of rotatable bonds is 13. The summed E-state index contributed by atoms with van der Waals surface area (Å²) in [5.41, 5.74) is -0.0974. The summed E-state index contributed by atoms with van der Waals surface area (Å²) in [5, 5.41) is 18.3. The highest BCUT2D eigenvalue weighted by Crippen LogP contribution is 2.55. The van der Waals surface area contributed by atoms with E-state index in [9.17, 15) is 24.2 Å². The molecule has 146 valence electrons. The second-order valence-electron chi connectivity index (χ2n) is 6.69. The van der Waals surface area contributed by atoms with Gasteiger partial charge < -0.3 is 15.1 Å². The van der Waals surface area contributed by atoms with Gasteiger partial charge in [-0.15, -0.1) is 0 Å². The Bertz CT molecular complexity index is 616. The Kier molecular flexibility index (Phi) is 9.60. The zero-order valence-electron chi connectivity index (χ0n) is 15.2. The maximum absolute atomic E-state index is 13.1. The fourth-order valence-electron chi connectivity index (χ4n) is 3.18. The Balaban J connectivity index is 2.92. The summed E-state index contributed by atoms with van der Waals surface area (Å²) in [6.45, 7) is 1.96. The van der Waals surface area contributed by atoms with Crippen molar-refractivity contribution in [3.8, 4) is 0 Å². The van der Waals surface area contributed by atoms with Crippen molar-refractivity contribution in [3.63, 3.8) is 0 Å². The third-order valence-electron chi connectivity index (χ3n) is 4.56. The molecule has 0 fully saturated rings. The summed E-state index contributed by atoms with van der Waals surface area (Å²) in [6.07, 6.45) is 2.82. The van der Waals surface area contributed by atoms with Crippen molar-refractivity contribution >= 4 is 19.3 Å². The lowest BCUT2D eigenvalue weighted by atomic mass is 9.94. The van der Waals surface area contributed by atoms with Crippen molar-refractivity contribution in [3.05, 3.63) is 35.9 Å². The first-order valence-corrected chi connectivity index (χ1v) is 11.0. The standard InChI is InChI=1S/C19H29O6P/c1-2-3-12-17(16(19(22)23)11-7-8-13-18(20)21)26(24,25)14-15-9-5-4-6-10-15/h4-6,9-10,16-17H,2-3,7-8,11-14H2,1H3,(H,20,21)(H,22,23)(H,24,25). The van der Waals surface area contributed by atoms with Crippen LogP contribution in [-0.4, -0.2) is 32.7 Å². The lowest BCUT2D eigenvalue weighted by Crippen LogP contribution is -2.29. The second kappa shape index (κ2) is 11.1. The third kappa shape index (κ3) is 7.71. The number of hydrogen-bond donors (Lipinski definition) is 3. The minimum absolute atomic E-state index is 0.0211. The van der Waals surface area contributed by atoms with Crippen LogP contribution in [0.4, 0.5) is 0 Å². The van der Waals surface area contributed by atoms with Gasteiger partial charge in [-0.05, 0) is 24.8 Å². The van der Waals surface area contributed by atoms with E-state index in [-0.39, 0.29) is 19.0 Å². The first-order chi connectivity index (χ1) is 12.3. The number of benzene rings is 1. The summed E-state index contributed by atoms with van der Waals surface area (Å²) in [4.78, 5) is 33.1. The molecule has 26 heavy (non-hydrogen) atoms. The van der Waals surface area contributed by atoms with Crippen LogP contribution in [0.2, 0.25) is 0 Å². The number of unbranched alkanes of at least 4 members (excludes halogenated alkanes) is 2. The Hall–Kier alpha value is -1.65. The molecule has 0 aliphatic carbocycles. The highest BCUT2D eigenvalue weighted by molar-refractivity contribution is 7.58. The number of aliphatic carboxylic acids is 2. The van der Waals surface area contributed by atoms with E-state index in [0.29, 0.717) is 25.7 Å². The molecule has 0 amide bonds. The van der Waals surface area contributed by atoms with Crippen molar-refractivity contribution in [2.45, 2.75) is 63.7 Å². The average Bonchev–Trinajstić information content (AvgIpc) is 2.56. The molecule has 0 radical (unpaired) electrons. The van der Waals surface area contributed by atoms with Gasteiger partial charge in [0.05, 0.1) is 5.92 Å². The van der Waals surface area contributed by atoms with Crippen molar-refractivity contribution in [1.29, 1.82) is 0 Å². The molecule has 1 rings (SSSR count). The minimum atomic E-state index is -3.73. The van der Waals surface area contributed by atoms with Crippen LogP contribution in [0.3, 0.4) is 0 Å². The molecule has 0 saturated heterocycles. The topological polar surface area (TPSA) is 112 Å². The van der Waals surface area contributed by atoms with Crippen LogP contribution in [0.1, 0.15) is 57.4 Å². The first kappa shape index (κ1) is 22.4. The zero-order valence-corrected chi connectivity index (χ0v) is 16.1. The van der Waals surface area contributed by atoms with E-state index in [1.54, 1.807) is 24.3 Å². The molecule has 0 bridgehead atoms. The van der Waals surface area contributed by atoms with E-state index >= 15 is 0 Å². The van der Waals surface area contributed by atoms with Gasteiger partial charge in [0.2, 0.25) is 7.37 Å². The maximum atomic E-state index is 13.1. The van der Waals surface area contributed by atoms with Crippen LogP contribution < -0.4 is 0 Å². The van der Waals surface area contributed by atoms with Gasteiger partial charge in [0.1, 0.15) is 0 Å². The summed E-state index contributed by atoms with van der Waals surface area (Å²) >= 11 is 0. The molecular formula is C19H29O6P. The molecule has 0 spiro atoms. The lowest BCUT2D eigenvalue weighted by molar-refractivity contribution is -0.142. The van der Waals surface area contributed by atoms with Crippen molar-refractivity contribution in [2.75, 3.05) is 0 Å². The van der Waals surface area contributed by atoms with Crippen LogP contribution in [-0.2, 0) is 20.3 Å². The zero-order chi connectivity index (χ0) is 19.6. The quantitative estimate of drug-likeness (QED) is 0.344. The lowest BCUT2D eigenvalue weighted by Gasteiger charge is -2.28. The molecule has 3 unspecified atom stereocenters. The number of carboxylic acids is 2. The minimum Gasteiger partial charge on any atom is -0.481 e. The van der Waals surface area contributed by atoms with E-state index in [4.69, 9.17) is 5.11 Å². The Labute approximate surface area is 154 Å². The van der Waals surface area contributed by atoms with E-state index in [1.807, 2.05) is 13.0 Å². The molecule has 7 heteroatoms. The van der Waals surface area contributed by atoms with Crippen LogP contribution in [0.25, 0.3) is 0 Å². The average molecular weight is 384 g/mol. The molecular weight excluding hydrogens is 355 g/mol. The molecule has 0 aliphatic heterocycles. The van der Waals surface area contributed by atoms with Crippen LogP contribution >= 0.6 is 7.37 Å². The second-order valence-corrected chi connectivity index (χ2v) is 9.18. The van der Waals surface area contributed by atoms with E-state index in [0.717, 1.165) is 12.0 Å². The summed E-state index contributed by atoms with van der Waals surface area (Å²) in [5.74, 6) is -2.94. The predicted octanol–water partition coefficient (Wildman–Crippen LogP) is 4.36. The highest BCUT2D eigenvalue weighted by atomic mass is 31.2. The van der Waals surface area contributed by atoms with E-state index in [1.165, 1.54) is 0 Å². The van der Waals surface area contributed by atoms with Crippen LogP contribution in [0.5, 0.6) is 0 Å². The predicted molar refractivity (Wildman–Crippen MR) is 101 cm³/mol. The molecule has 6 nitrogen and oxygen atoms in total. The molecule has 0 saturated carbocycles. The van der Waals surface area contributed by atoms with E-state index < -0.39 is 30.9 Å². The van der Waals surface area contributed by atoms with Crippen molar-refractivity contribution in [1.82, 2.24) is 0 Å². The molecule has 3 N–H and O–H groups in total. The summed E-state index contributed by atoms with van der Waals surface area (Å²) < 4.78 is 13.1. The fourth-order valence-corrected chi connectivity index (χ4v) is 5.57. The van der Waals surface area contributed by atoms with E-state index in [2.05, 4.69) is 0 Å². The number of hydrogen-bond acceptors (Lipinski definition) is 3. The monoisotopic (exact) mass is 384 g/mol. The summed E-state index contributed by atoms with van der Waals surface area (Å²) in [6, 6.07) is 8.93. The van der Waals surface area contributed by atoms with Gasteiger partial charge in [-0.3, -0.25) is 14.2 Å². The van der Waals surface area contributed by atoms with Gasteiger partial charge in [0.15, 0.2) is 0 Å². The molecule has 0 aromatic heterocycles. The molecule has 1 aromatic carbocycles. The SMILES string of the molecule is CCCCC(C(CCCCC(=O)O)C(=O)O)P(=O)(O)Cc1ccccc1. The Morgan fingerprint density at radius 2 is 1.69 bits per heavy atom. The van der Waals surface area contributed by atoms with Gasteiger partial charge in [-0.25, -0.2) is 0 Å². The van der Waals surface area contributed by atoms with Gasteiger partial charge in [-0.1, -0.05) is 56.5 Å². The maximum Gasteiger partial charge on any atom is 0.307 e. The number of carboxylic acid groups (broad SMARTS) is 2. The largest absolute Gasteiger partial charge is 0.481 e. The van der Waals surface area contributed by atoms with Gasteiger partial charge in [0, 0.05) is 18.2 Å². The van der Waals surface area contributed by atoms with Crippen LogP contribution in [0.15, 0.2) is 30.3 Å². The smallest absolute Gasteiger partial charge is 0.307 e. The molecule has 0 aliphatic rings. The first-order valence-electron chi connectivity index (χ1n) is 9.08. The molecule has 0 heterocycles. The Morgan fingerprint density at radius 3 is 2.23 bits per heavy atom. The Morgan fingerprint density at radius 1 is 1.04 bits per heavy atom. The van der Waals surface area contributed by atoms with Crippen LogP contribution in [0, 0.1) is 5.92 Å². The third-order valence-corrected chi connectivity index (χ3v) is 7.03. The van der Waals surface area contributed by atoms with Crippen molar-refractivity contribution in [2.24, 2.45) is 5.92 Å². The summed E-state index contributed by atoms with van der Waals surface area (Å²) in [7, 11) is -3.73. The fraction of sp³-hybridized carbons (Fsp3) is 0.579. The highest BCUT2D eigenvalue weighted by Gasteiger charge is 2.40. The molecule has 3 atom stereocenters. The van der Waals surface area contributed by atoms with Gasteiger partial charge in [0.25, 0.3) is 0 Å². The number of carbonyl (C=O) groups is 2. The van der Waals surface area contributed by atoms with Gasteiger partial charge >= 0.3 is 11.9 Å². The molecule has 1 aromatic rings. The van der Waals surface area contributed by atoms with Crippen molar-refractivity contribution < 1.29 is 29.3 Å². The normalized spacial score (nSPS) is 15.8. The van der Waals surface area contributed by atoms with Gasteiger partial charge in [-0.2, -0.15) is 0 Å².